The van der Waals surface area contributed by atoms with Gasteiger partial charge in [-0.1, -0.05) is 33.3 Å². The Morgan fingerprint density at radius 2 is 2.15 bits per heavy atom. The minimum Gasteiger partial charge on any atom is -0.474 e. The number of nitrogens with one attached hydrogen (secondary N) is 1. The standard InChI is InChI=1S/C16H25N3O/c1-10(2)12-8-7-11(3)9-14(12)20-15-6-4-5-13(19-15)16(17)18/h4-6,10-12,14H,7-9H2,1-3H3,(H3,17,18). The summed E-state index contributed by atoms with van der Waals surface area (Å²) in [7, 11) is 0. The van der Waals surface area contributed by atoms with Gasteiger partial charge in [0.1, 0.15) is 17.6 Å². The number of ether oxygens (including phenoxy) is 1. The van der Waals surface area contributed by atoms with Gasteiger partial charge in [-0.2, -0.15) is 0 Å². The van der Waals surface area contributed by atoms with Crippen molar-refractivity contribution in [1.82, 2.24) is 4.98 Å². The van der Waals surface area contributed by atoms with Gasteiger partial charge in [-0.05, 0) is 36.7 Å². The fourth-order valence-electron chi connectivity index (χ4n) is 3.04. The topological polar surface area (TPSA) is 72.0 Å². The Morgan fingerprint density at radius 3 is 2.80 bits per heavy atom. The van der Waals surface area contributed by atoms with Gasteiger partial charge in [0.15, 0.2) is 0 Å². The number of hydrogen-bond donors (Lipinski definition) is 2. The molecule has 0 amide bonds. The zero-order valence-corrected chi connectivity index (χ0v) is 12.6. The zero-order valence-electron chi connectivity index (χ0n) is 12.6. The van der Waals surface area contributed by atoms with Crippen LogP contribution in [0.3, 0.4) is 0 Å². The van der Waals surface area contributed by atoms with Crippen LogP contribution in [0.4, 0.5) is 0 Å². The molecule has 4 heteroatoms. The Hall–Kier alpha value is -1.58. The first-order chi connectivity index (χ1) is 9.47. The van der Waals surface area contributed by atoms with E-state index >= 15 is 0 Å². The van der Waals surface area contributed by atoms with Crippen molar-refractivity contribution < 1.29 is 4.74 Å². The van der Waals surface area contributed by atoms with Gasteiger partial charge in [-0.25, -0.2) is 4.98 Å². The van der Waals surface area contributed by atoms with Crippen molar-refractivity contribution >= 4 is 5.84 Å². The third-order valence-corrected chi connectivity index (χ3v) is 4.23. The Bertz CT molecular complexity index is 473. The molecule has 1 aromatic rings. The van der Waals surface area contributed by atoms with E-state index in [0.717, 1.165) is 6.42 Å². The lowest BCUT2D eigenvalue weighted by molar-refractivity contribution is 0.0426. The summed E-state index contributed by atoms with van der Waals surface area (Å²) in [5, 5.41) is 7.45. The van der Waals surface area contributed by atoms with Crippen molar-refractivity contribution in [2.75, 3.05) is 0 Å². The van der Waals surface area contributed by atoms with Gasteiger partial charge in [0.25, 0.3) is 0 Å². The molecule has 0 saturated heterocycles. The molecule has 1 fully saturated rings. The van der Waals surface area contributed by atoms with Crippen LogP contribution in [0.2, 0.25) is 0 Å². The van der Waals surface area contributed by atoms with Crippen molar-refractivity contribution in [3.63, 3.8) is 0 Å². The molecule has 0 bridgehead atoms. The Labute approximate surface area is 121 Å². The molecule has 1 aliphatic carbocycles. The number of aromatic nitrogens is 1. The van der Waals surface area contributed by atoms with Crippen molar-refractivity contribution in [3.8, 4) is 5.88 Å². The summed E-state index contributed by atoms with van der Waals surface area (Å²) >= 11 is 0. The van der Waals surface area contributed by atoms with Gasteiger partial charge < -0.3 is 10.5 Å². The molecule has 1 aliphatic rings. The van der Waals surface area contributed by atoms with Gasteiger partial charge in [-0.15, -0.1) is 0 Å². The number of nitrogen functional groups attached to an aromatic ring is 1. The minimum atomic E-state index is -0.0205. The highest BCUT2D eigenvalue weighted by molar-refractivity contribution is 5.93. The number of nitrogens with zero attached hydrogens (tertiary/aromatic N) is 1. The number of rotatable bonds is 4. The second kappa shape index (κ2) is 6.25. The number of hydrogen-bond acceptors (Lipinski definition) is 3. The normalized spacial score (nSPS) is 26.5. The van der Waals surface area contributed by atoms with Crippen molar-refractivity contribution in [2.24, 2.45) is 23.5 Å². The first kappa shape index (κ1) is 14.8. The second-order valence-corrected chi connectivity index (χ2v) is 6.26. The highest BCUT2D eigenvalue weighted by Crippen LogP contribution is 2.35. The molecule has 110 valence electrons. The van der Waals surface area contributed by atoms with E-state index in [1.165, 1.54) is 12.8 Å². The molecule has 0 spiro atoms. The molecule has 1 saturated carbocycles. The fourth-order valence-corrected chi connectivity index (χ4v) is 3.04. The lowest BCUT2D eigenvalue weighted by Crippen LogP contribution is -2.36. The van der Waals surface area contributed by atoms with E-state index in [1.807, 2.05) is 12.1 Å². The third kappa shape index (κ3) is 3.50. The van der Waals surface area contributed by atoms with Gasteiger partial charge in [0, 0.05) is 6.07 Å². The molecule has 2 rings (SSSR count). The molecule has 20 heavy (non-hydrogen) atoms. The predicted molar refractivity (Wildman–Crippen MR) is 81.0 cm³/mol. The highest BCUT2D eigenvalue weighted by Gasteiger charge is 2.32. The average molecular weight is 275 g/mol. The first-order valence-corrected chi connectivity index (χ1v) is 7.45. The average Bonchev–Trinajstić information content (AvgIpc) is 2.38. The van der Waals surface area contributed by atoms with Crippen molar-refractivity contribution in [1.29, 1.82) is 5.41 Å². The van der Waals surface area contributed by atoms with Crippen molar-refractivity contribution in [3.05, 3.63) is 23.9 Å². The fraction of sp³-hybridized carbons (Fsp3) is 0.625. The minimum absolute atomic E-state index is 0.0205. The van der Waals surface area contributed by atoms with E-state index in [2.05, 4.69) is 25.8 Å². The van der Waals surface area contributed by atoms with Crippen LogP contribution in [0.15, 0.2) is 18.2 Å². The van der Waals surface area contributed by atoms with E-state index in [9.17, 15) is 0 Å². The van der Waals surface area contributed by atoms with E-state index < -0.39 is 0 Å². The Balaban J connectivity index is 2.13. The van der Waals surface area contributed by atoms with Crippen LogP contribution in [-0.2, 0) is 0 Å². The lowest BCUT2D eigenvalue weighted by Gasteiger charge is -2.37. The summed E-state index contributed by atoms with van der Waals surface area (Å²) < 4.78 is 6.13. The van der Waals surface area contributed by atoms with E-state index in [0.29, 0.717) is 29.3 Å². The van der Waals surface area contributed by atoms with Crippen molar-refractivity contribution in [2.45, 2.75) is 46.1 Å². The Kier molecular flexibility index (Phi) is 4.63. The molecular weight excluding hydrogens is 250 g/mol. The summed E-state index contributed by atoms with van der Waals surface area (Å²) in [4.78, 5) is 4.31. The second-order valence-electron chi connectivity index (χ2n) is 6.26. The predicted octanol–water partition coefficient (Wildman–Crippen LogP) is 3.21. The molecule has 3 N–H and O–H groups in total. The summed E-state index contributed by atoms with van der Waals surface area (Å²) in [6, 6.07) is 5.43. The summed E-state index contributed by atoms with van der Waals surface area (Å²) in [6.07, 6.45) is 3.79. The maximum Gasteiger partial charge on any atom is 0.214 e. The number of nitrogens with two attached hydrogens (primary N) is 1. The molecule has 3 unspecified atom stereocenters. The molecular formula is C16H25N3O. The van der Waals surface area contributed by atoms with Crippen LogP contribution in [0.5, 0.6) is 5.88 Å². The van der Waals surface area contributed by atoms with Gasteiger partial charge in [-0.3, -0.25) is 5.41 Å². The maximum atomic E-state index is 7.45. The van der Waals surface area contributed by atoms with E-state index in [4.69, 9.17) is 15.9 Å². The maximum absolute atomic E-state index is 7.45. The molecule has 3 atom stereocenters. The van der Waals surface area contributed by atoms with Gasteiger partial charge in [0.05, 0.1) is 0 Å². The van der Waals surface area contributed by atoms with Crippen LogP contribution >= 0.6 is 0 Å². The SMILES string of the molecule is CC1CCC(C(C)C)C(Oc2cccc(C(=N)N)n2)C1. The summed E-state index contributed by atoms with van der Waals surface area (Å²) in [5.41, 5.74) is 5.96. The monoisotopic (exact) mass is 275 g/mol. The highest BCUT2D eigenvalue weighted by atomic mass is 16.5. The van der Waals surface area contributed by atoms with E-state index in [1.54, 1.807) is 6.07 Å². The van der Waals surface area contributed by atoms with Crippen LogP contribution < -0.4 is 10.5 Å². The van der Waals surface area contributed by atoms with Crippen LogP contribution in [0.1, 0.15) is 45.7 Å². The largest absolute Gasteiger partial charge is 0.474 e. The lowest BCUT2D eigenvalue weighted by atomic mass is 9.75. The summed E-state index contributed by atoms with van der Waals surface area (Å²) in [6.45, 7) is 6.80. The third-order valence-electron chi connectivity index (χ3n) is 4.23. The van der Waals surface area contributed by atoms with Crippen LogP contribution in [0, 0.1) is 23.2 Å². The molecule has 0 aliphatic heterocycles. The summed E-state index contributed by atoms with van der Waals surface area (Å²) in [5.74, 6) is 2.46. The zero-order chi connectivity index (χ0) is 14.7. The van der Waals surface area contributed by atoms with E-state index in [-0.39, 0.29) is 11.9 Å². The van der Waals surface area contributed by atoms with Gasteiger partial charge in [0.2, 0.25) is 5.88 Å². The van der Waals surface area contributed by atoms with Crippen LogP contribution in [-0.4, -0.2) is 16.9 Å². The quantitative estimate of drug-likeness (QED) is 0.654. The Morgan fingerprint density at radius 1 is 1.40 bits per heavy atom. The molecule has 4 nitrogen and oxygen atoms in total. The molecule has 1 aromatic heterocycles. The number of pyridine rings is 1. The number of amidine groups is 1. The molecule has 0 radical (unpaired) electrons. The smallest absolute Gasteiger partial charge is 0.214 e. The van der Waals surface area contributed by atoms with Gasteiger partial charge >= 0.3 is 0 Å². The molecule has 1 heterocycles. The van der Waals surface area contributed by atoms with Crippen LogP contribution in [0.25, 0.3) is 0 Å². The first-order valence-electron chi connectivity index (χ1n) is 7.45. The molecule has 0 aromatic carbocycles.